The zero-order valence-electron chi connectivity index (χ0n) is 10.8. The summed E-state index contributed by atoms with van der Waals surface area (Å²) in [5, 5.41) is 8.10. The van der Waals surface area contributed by atoms with Gasteiger partial charge >= 0.3 is 0 Å². The number of nitrogens with zero attached hydrogens (tertiary/aromatic N) is 2. The summed E-state index contributed by atoms with van der Waals surface area (Å²) >= 11 is 6.14. The normalized spacial score (nSPS) is 12.0. The van der Waals surface area contributed by atoms with E-state index in [1.807, 2.05) is 18.5 Å². The van der Waals surface area contributed by atoms with Gasteiger partial charge in [-0.05, 0) is 13.8 Å². The van der Waals surface area contributed by atoms with E-state index in [4.69, 9.17) is 11.6 Å². The van der Waals surface area contributed by atoms with Gasteiger partial charge in [-0.2, -0.15) is 5.10 Å². The zero-order valence-corrected chi connectivity index (χ0v) is 12.4. The fourth-order valence-corrected chi connectivity index (χ4v) is 2.24. The first-order valence-corrected chi connectivity index (χ1v) is 7.99. The SMILES string of the molecule is CCn1nc(C)c(Cl)c1CNCCNS(C)(=O)=O. The first kappa shape index (κ1) is 15.4. The van der Waals surface area contributed by atoms with Crippen LogP contribution in [0.15, 0.2) is 0 Å². The Balaban J connectivity index is 2.44. The lowest BCUT2D eigenvalue weighted by molar-refractivity contribution is 0.566. The Labute approximate surface area is 113 Å². The molecule has 0 unspecified atom stereocenters. The van der Waals surface area contributed by atoms with Crippen molar-refractivity contribution in [1.29, 1.82) is 0 Å². The van der Waals surface area contributed by atoms with Crippen LogP contribution in [-0.4, -0.2) is 37.5 Å². The third-order valence-electron chi connectivity index (χ3n) is 2.41. The van der Waals surface area contributed by atoms with E-state index >= 15 is 0 Å². The van der Waals surface area contributed by atoms with Crippen molar-refractivity contribution < 1.29 is 8.42 Å². The van der Waals surface area contributed by atoms with Crippen molar-refractivity contribution >= 4 is 21.6 Å². The highest BCUT2D eigenvalue weighted by molar-refractivity contribution is 7.88. The van der Waals surface area contributed by atoms with Gasteiger partial charge in [0.25, 0.3) is 0 Å². The van der Waals surface area contributed by atoms with Crippen molar-refractivity contribution in [1.82, 2.24) is 19.8 Å². The van der Waals surface area contributed by atoms with Gasteiger partial charge in [0.05, 0.1) is 22.7 Å². The zero-order chi connectivity index (χ0) is 13.8. The second-order valence-corrected chi connectivity index (χ2v) is 6.22. The number of hydrogen-bond donors (Lipinski definition) is 2. The Morgan fingerprint density at radius 3 is 2.61 bits per heavy atom. The summed E-state index contributed by atoms with van der Waals surface area (Å²) < 4.78 is 25.9. The van der Waals surface area contributed by atoms with E-state index in [1.54, 1.807) is 0 Å². The van der Waals surface area contributed by atoms with Crippen molar-refractivity contribution in [3.63, 3.8) is 0 Å². The van der Waals surface area contributed by atoms with E-state index in [1.165, 1.54) is 0 Å². The summed E-state index contributed by atoms with van der Waals surface area (Å²) in [6.45, 7) is 6.08. The van der Waals surface area contributed by atoms with Gasteiger partial charge in [0.1, 0.15) is 0 Å². The molecule has 1 heterocycles. The lowest BCUT2D eigenvalue weighted by atomic mass is 10.3. The number of rotatable bonds is 7. The molecule has 2 N–H and O–H groups in total. The predicted octanol–water partition coefficient (Wildman–Crippen LogP) is 0.504. The molecule has 8 heteroatoms. The number of sulfonamides is 1. The number of aryl methyl sites for hydroxylation is 2. The molecule has 0 radical (unpaired) electrons. The quantitative estimate of drug-likeness (QED) is 0.718. The van der Waals surface area contributed by atoms with Crippen molar-refractivity contribution in [2.24, 2.45) is 0 Å². The summed E-state index contributed by atoms with van der Waals surface area (Å²) in [7, 11) is -3.12. The highest BCUT2D eigenvalue weighted by atomic mass is 35.5. The first-order valence-electron chi connectivity index (χ1n) is 5.72. The Kier molecular flexibility index (Phi) is 5.58. The molecule has 0 amide bonds. The Morgan fingerprint density at radius 1 is 1.39 bits per heavy atom. The monoisotopic (exact) mass is 294 g/mol. The summed E-state index contributed by atoms with van der Waals surface area (Å²) in [4.78, 5) is 0. The van der Waals surface area contributed by atoms with Crippen molar-refractivity contribution in [2.45, 2.75) is 26.9 Å². The molecule has 0 aliphatic rings. The van der Waals surface area contributed by atoms with Crippen LogP contribution < -0.4 is 10.0 Å². The number of halogens is 1. The van der Waals surface area contributed by atoms with Crippen LogP contribution in [0, 0.1) is 6.92 Å². The summed E-state index contributed by atoms with van der Waals surface area (Å²) in [5.41, 5.74) is 1.74. The van der Waals surface area contributed by atoms with E-state index in [-0.39, 0.29) is 0 Å². The van der Waals surface area contributed by atoms with Gasteiger partial charge in [-0.15, -0.1) is 0 Å². The average molecular weight is 295 g/mol. The Bertz CT molecular complexity index is 498. The molecule has 0 fully saturated rings. The van der Waals surface area contributed by atoms with Gasteiger partial charge in [-0.1, -0.05) is 11.6 Å². The molecule has 0 spiro atoms. The van der Waals surface area contributed by atoms with Crippen LogP contribution in [0.25, 0.3) is 0 Å². The molecular weight excluding hydrogens is 276 g/mol. The molecule has 0 bridgehead atoms. The fourth-order valence-electron chi connectivity index (χ4n) is 1.57. The lowest BCUT2D eigenvalue weighted by Gasteiger charge is -2.07. The topological polar surface area (TPSA) is 76.0 Å². The smallest absolute Gasteiger partial charge is 0.208 e. The summed E-state index contributed by atoms with van der Waals surface area (Å²) in [5.74, 6) is 0. The maximum Gasteiger partial charge on any atom is 0.208 e. The third-order valence-corrected chi connectivity index (χ3v) is 3.63. The van der Waals surface area contributed by atoms with Crippen LogP contribution in [0.4, 0.5) is 0 Å². The number of nitrogens with one attached hydrogen (secondary N) is 2. The molecule has 1 aromatic heterocycles. The van der Waals surface area contributed by atoms with Gasteiger partial charge in [-0.25, -0.2) is 13.1 Å². The van der Waals surface area contributed by atoms with Gasteiger partial charge in [0, 0.05) is 26.2 Å². The van der Waals surface area contributed by atoms with Crippen LogP contribution >= 0.6 is 11.6 Å². The van der Waals surface area contributed by atoms with Crippen LogP contribution in [0.2, 0.25) is 5.02 Å². The standard InChI is InChI=1S/C10H19ClN4O2S/c1-4-15-9(10(11)8(2)14-15)7-12-5-6-13-18(3,16)17/h12-13H,4-7H2,1-3H3. The molecule has 1 aromatic rings. The van der Waals surface area contributed by atoms with Crippen LogP contribution in [0.3, 0.4) is 0 Å². The van der Waals surface area contributed by atoms with Crippen LogP contribution in [0.5, 0.6) is 0 Å². The van der Waals surface area contributed by atoms with Gasteiger partial charge in [0.2, 0.25) is 10.0 Å². The van der Waals surface area contributed by atoms with Gasteiger partial charge in [-0.3, -0.25) is 4.68 Å². The molecular formula is C10H19ClN4O2S. The average Bonchev–Trinajstić information content (AvgIpc) is 2.54. The maximum absolute atomic E-state index is 10.8. The Morgan fingerprint density at radius 2 is 2.06 bits per heavy atom. The fraction of sp³-hybridized carbons (Fsp3) is 0.700. The molecule has 0 saturated heterocycles. The van der Waals surface area contributed by atoms with Crippen molar-refractivity contribution in [3.05, 3.63) is 16.4 Å². The lowest BCUT2D eigenvalue weighted by Crippen LogP contribution is -2.31. The predicted molar refractivity (Wildman–Crippen MR) is 72.2 cm³/mol. The largest absolute Gasteiger partial charge is 0.310 e. The minimum absolute atomic E-state index is 0.357. The highest BCUT2D eigenvalue weighted by Gasteiger charge is 2.11. The molecule has 18 heavy (non-hydrogen) atoms. The van der Waals surface area contributed by atoms with E-state index < -0.39 is 10.0 Å². The maximum atomic E-state index is 10.8. The van der Waals surface area contributed by atoms with Crippen LogP contribution in [0.1, 0.15) is 18.3 Å². The van der Waals surface area contributed by atoms with Crippen LogP contribution in [-0.2, 0) is 23.1 Å². The second kappa shape index (κ2) is 6.51. The first-order chi connectivity index (χ1) is 8.35. The van der Waals surface area contributed by atoms with E-state index in [0.29, 0.717) is 24.7 Å². The summed E-state index contributed by atoms with van der Waals surface area (Å²) in [6.07, 6.45) is 1.14. The second-order valence-electron chi connectivity index (χ2n) is 4.01. The molecule has 6 nitrogen and oxygen atoms in total. The van der Waals surface area contributed by atoms with E-state index in [0.717, 1.165) is 24.2 Å². The third kappa shape index (κ3) is 4.56. The molecule has 0 aliphatic carbocycles. The summed E-state index contributed by atoms with van der Waals surface area (Å²) in [6, 6.07) is 0. The minimum atomic E-state index is -3.12. The number of aromatic nitrogens is 2. The van der Waals surface area contributed by atoms with Gasteiger partial charge in [0.15, 0.2) is 0 Å². The minimum Gasteiger partial charge on any atom is -0.310 e. The molecule has 104 valence electrons. The van der Waals surface area contributed by atoms with Gasteiger partial charge < -0.3 is 5.32 Å². The van der Waals surface area contributed by atoms with E-state index in [9.17, 15) is 8.42 Å². The van der Waals surface area contributed by atoms with Crippen molar-refractivity contribution in [3.8, 4) is 0 Å². The number of hydrogen-bond acceptors (Lipinski definition) is 4. The van der Waals surface area contributed by atoms with Crippen molar-refractivity contribution in [2.75, 3.05) is 19.3 Å². The van der Waals surface area contributed by atoms with E-state index in [2.05, 4.69) is 15.1 Å². The molecule has 0 aromatic carbocycles. The molecule has 0 atom stereocenters. The molecule has 0 saturated carbocycles. The Hall–Kier alpha value is -0.630. The molecule has 1 rings (SSSR count). The molecule has 0 aliphatic heterocycles. The highest BCUT2D eigenvalue weighted by Crippen LogP contribution is 2.19.